The predicted molar refractivity (Wildman–Crippen MR) is 130 cm³/mol. The van der Waals surface area contributed by atoms with Gasteiger partial charge >= 0.3 is 5.97 Å². The smallest absolute Gasteiger partial charge is 0.343 e. The molecule has 0 radical (unpaired) electrons. The highest BCUT2D eigenvalue weighted by Gasteiger charge is 2.13. The molecule has 1 aromatic heterocycles. The van der Waals surface area contributed by atoms with Crippen LogP contribution in [0.15, 0.2) is 96.4 Å². The number of carbonyl (C=O) groups excluding carboxylic acids is 2. The summed E-state index contributed by atoms with van der Waals surface area (Å²) in [4.78, 5) is 25.0. The molecule has 8 heteroatoms. The molecule has 0 fully saturated rings. The van der Waals surface area contributed by atoms with E-state index in [0.29, 0.717) is 22.4 Å². The van der Waals surface area contributed by atoms with Crippen molar-refractivity contribution in [2.45, 2.75) is 0 Å². The molecule has 34 heavy (non-hydrogen) atoms. The Balaban J connectivity index is 1.40. The topological polar surface area (TPSA) is 81.9 Å². The number of para-hydroxylation sites is 1. The molecule has 1 N–H and O–H groups in total. The molecule has 0 unspecified atom stereocenters. The summed E-state index contributed by atoms with van der Waals surface area (Å²) in [5, 5.41) is 4.26. The number of ether oxygens (including phenoxy) is 2. The fraction of sp³-hybridized carbons (Fsp3) is 0.0385. The van der Waals surface area contributed by atoms with E-state index in [2.05, 4.69) is 10.5 Å². The van der Waals surface area contributed by atoms with Crippen LogP contribution in [0.3, 0.4) is 0 Å². The van der Waals surface area contributed by atoms with E-state index < -0.39 is 5.97 Å². The fourth-order valence-corrected chi connectivity index (χ4v) is 3.41. The number of nitrogens with one attached hydrogen (secondary N) is 1. The molecule has 4 aromatic rings. The number of hydrogen-bond donors (Lipinski definition) is 1. The zero-order chi connectivity index (χ0) is 23.9. The van der Waals surface area contributed by atoms with E-state index in [-0.39, 0.29) is 16.7 Å². The summed E-state index contributed by atoms with van der Waals surface area (Å²) in [6.07, 6.45) is 5.18. The van der Waals surface area contributed by atoms with Crippen molar-refractivity contribution < 1.29 is 19.1 Å². The number of rotatable bonds is 7. The molecule has 4 rings (SSSR count). The van der Waals surface area contributed by atoms with E-state index in [4.69, 9.17) is 21.1 Å². The third-order valence-corrected chi connectivity index (χ3v) is 5.19. The van der Waals surface area contributed by atoms with E-state index in [1.54, 1.807) is 61.7 Å². The summed E-state index contributed by atoms with van der Waals surface area (Å²) in [7, 11) is 1.55. The first-order chi connectivity index (χ1) is 16.5. The highest BCUT2D eigenvalue weighted by molar-refractivity contribution is 6.32. The van der Waals surface area contributed by atoms with Gasteiger partial charge in [0.1, 0.15) is 11.5 Å². The van der Waals surface area contributed by atoms with Gasteiger partial charge in [-0.15, -0.1) is 0 Å². The average Bonchev–Trinajstić information content (AvgIpc) is 3.40. The molecular weight excluding hydrogens is 454 g/mol. The maximum Gasteiger partial charge on any atom is 0.343 e. The normalized spacial score (nSPS) is 10.8. The standard InChI is InChI=1S/C26H20ClN3O4/c1-33-20-11-9-19(10-12-20)26(32)34-24-13-8-18(16-22(24)27)17-28-29-25(31)21-6-2-3-7-23(21)30-14-4-5-15-30/h2-17H,1H3,(H,29,31)/b28-17-. The molecule has 3 aromatic carbocycles. The number of benzene rings is 3. The Kier molecular flexibility index (Phi) is 7.05. The Morgan fingerprint density at radius 1 is 0.971 bits per heavy atom. The minimum Gasteiger partial charge on any atom is -0.497 e. The van der Waals surface area contributed by atoms with Crippen molar-refractivity contribution in [1.82, 2.24) is 9.99 Å². The third kappa shape index (κ3) is 5.33. The zero-order valence-electron chi connectivity index (χ0n) is 18.1. The molecule has 1 heterocycles. The lowest BCUT2D eigenvalue weighted by Gasteiger charge is -2.09. The van der Waals surface area contributed by atoms with Crippen LogP contribution in [0.2, 0.25) is 5.02 Å². The summed E-state index contributed by atoms with van der Waals surface area (Å²) >= 11 is 6.27. The zero-order valence-corrected chi connectivity index (χ0v) is 18.9. The van der Waals surface area contributed by atoms with E-state index in [0.717, 1.165) is 5.69 Å². The summed E-state index contributed by atoms with van der Waals surface area (Å²) in [5.74, 6) is -0.0425. The molecule has 0 atom stereocenters. The Morgan fingerprint density at radius 3 is 2.41 bits per heavy atom. The summed E-state index contributed by atoms with van der Waals surface area (Å²) < 4.78 is 12.3. The van der Waals surface area contributed by atoms with Crippen LogP contribution in [0.5, 0.6) is 11.5 Å². The van der Waals surface area contributed by atoms with Crippen molar-refractivity contribution in [1.29, 1.82) is 0 Å². The van der Waals surface area contributed by atoms with Crippen molar-refractivity contribution in [2.75, 3.05) is 7.11 Å². The largest absolute Gasteiger partial charge is 0.497 e. The quantitative estimate of drug-likeness (QED) is 0.175. The maximum absolute atomic E-state index is 12.6. The third-order valence-electron chi connectivity index (χ3n) is 4.90. The van der Waals surface area contributed by atoms with Gasteiger partial charge < -0.3 is 14.0 Å². The number of methoxy groups -OCH3 is 1. The van der Waals surface area contributed by atoms with Crippen LogP contribution in [0.1, 0.15) is 26.3 Å². The number of hydrogen-bond acceptors (Lipinski definition) is 5. The molecule has 0 bridgehead atoms. The van der Waals surface area contributed by atoms with Crippen LogP contribution in [-0.2, 0) is 0 Å². The minimum atomic E-state index is -0.542. The Bertz CT molecular complexity index is 1330. The number of halogens is 1. The van der Waals surface area contributed by atoms with Crippen LogP contribution >= 0.6 is 11.6 Å². The molecule has 0 saturated carbocycles. The lowest BCUT2D eigenvalue weighted by atomic mass is 10.1. The Hall–Kier alpha value is -4.36. The average molecular weight is 474 g/mol. The first kappa shape index (κ1) is 22.8. The molecular formula is C26H20ClN3O4. The van der Waals surface area contributed by atoms with E-state index >= 15 is 0 Å². The van der Waals surface area contributed by atoms with Crippen molar-refractivity contribution in [3.63, 3.8) is 0 Å². The lowest BCUT2D eigenvalue weighted by molar-refractivity contribution is 0.0734. The maximum atomic E-state index is 12.6. The Labute approximate surface area is 201 Å². The lowest BCUT2D eigenvalue weighted by Crippen LogP contribution is -2.19. The highest BCUT2D eigenvalue weighted by atomic mass is 35.5. The SMILES string of the molecule is COc1ccc(C(=O)Oc2ccc(/C=N\NC(=O)c3ccccc3-n3cccc3)cc2Cl)cc1. The molecule has 0 spiro atoms. The summed E-state index contributed by atoms with van der Waals surface area (Å²) in [6, 6.07) is 22.4. The van der Waals surface area contributed by atoms with Gasteiger partial charge in [0.2, 0.25) is 0 Å². The molecule has 0 aliphatic rings. The van der Waals surface area contributed by atoms with Crippen LogP contribution < -0.4 is 14.9 Å². The molecule has 7 nitrogen and oxygen atoms in total. The van der Waals surface area contributed by atoms with Gasteiger partial charge in [-0.1, -0.05) is 23.7 Å². The van der Waals surface area contributed by atoms with Crippen molar-refractivity contribution in [2.24, 2.45) is 5.10 Å². The van der Waals surface area contributed by atoms with Gasteiger partial charge in [0, 0.05) is 12.4 Å². The van der Waals surface area contributed by atoms with Gasteiger partial charge in [-0.25, -0.2) is 10.2 Å². The summed E-state index contributed by atoms with van der Waals surface area (Å²) in [5.41, 5.74) is 4.73. The first-order valence-corrected chi connectivity index (χ1v) is 10.6. The van der Waals surface area contributed by atoms with Crippen molar-refractivity contribution in [3.8, 4) is 17.2 Å². The van der Waals surface area contributed by atoms with Crippen LogP contribution in [0.25, 0.3) is 5.69 Å². The van der Waals surface area contributed by atoms with Gasteiger partial charge in [0.15, 0.2) is 0 Å². The molecule has 0 aliphatic carbocycles. The molecule has 170 valence electrons. The number of hydrazone groups is 1. The van der Waals surface area contributed by atoms with E-state index in [9.17, 15) is 9.59 Å². The van der Waals surface area contributed by atoms with Crippen molar-refractivity contribution in [3.05, 3.63) is 113 Å². The minimum absolute atomic E-state index is 0.212. The van der Waals surface area contributed by atoms with Gasteiger partial charge in [0.25, 0.3) is 5.91 Å². The molecule has 0 aliphatic heterocycles. The highest BCUT2D eigenvalue weighted by Crippen LogP contribution is 2.26. The van der Waals surface area contributed by atoms with E-state index in [1.807, 2.05) is 41.2 Å². The number of nitrogens with zero attached hydrogens (tertiary/aromatic N) is 2. The van der Waals surface area contributed by atoms with Gasteiger partial charge in [-0.3, -0.25) is 4.79 Å². The second kappa shape index (κ2) is 10.5. The first-order valence-electron chi connectivity index (χ1n) is 10.3. The number of amides is 1. The van der Waals surface area contributed by atoms with Crippen LogP contribution in [-0.4, -0.2) is 29.8 Å². The van der Waals surface area contributed by atoms with Crippen LogP contribution in [0.4, 0.5) is 0 Å². The number of carbonyl (C=O) groups is 2. The second-order valence-corrected chi connectivity index (χ2v) is 7.52. The summed E-state index contributed by atoms with van der Waals surface area (Å²) in [6.45, 7) is 0. The van der Waals surface area contributed by atoms with Crippen molar-refractivity contribution >= 4 is 29.7 Å². The second-order valence-electron chi connectivity index (χ2n) is 7.11. The Morgan fingerprint density at radius 2 is 1.71 bits per heavy atom. The fourth-order valence-electron chi connectivity index (χ4n) is 3.18. The van der Waals surface area contributed by atoms with E-state index in [1.165, 1.54) is 6.21 Å². The van der Waals surface area contributed by atoms with Gasteiger partial charge in [-0.05, 0) is 72.3 Å². The number of esters is 1. The van der Waals surface area contributed by atoms with Crippen LogP contribution in [0, 0.1) is 0 Å². The van der Waals surface area contributed by atoms with Gasteiger partial charge in [0.05, 0.1) is 35.2 Å². The molecule has 0 saturated heterocycles. The van der Waals surface area contributed by atoms with Gasteiger partial charge in [-0.2, -0.15) is 5.10 Å². The predicted octanol–water partition coefficient (Wildman–Crippen LogP) is 5.12. The monoisotopic (exact) mass is 473 g/mol. The number of aromatic nitrogens is 1. The molecule has 1 amide bonds.